The molecule has 0 aliphatic rings. The normalized spacial score (nSPS) is 12.4. The highest BCUT2D eigenvalue weighted by atomic mass is 32.2. The summed E-state index contributed by atoms with van der Waals surface area (Å²) in [5, 5.41) is 11.9. The van der Waals surface area contributed by atoms with Gasteiger partial charge in [-0.2, -0.15) is 0 Å². The number of rotatable bonds is 8. The van der Waals surface area contributed by atoms with E-state index in [1.807, 2.05) is 37.5 Å². The van der Waals surface area contributed by atoms with Crippen LogP contribution in [0, 0.1) is 0 Å². The van der Waals surface area contributed by atoms with E-state index < -0.39 is 0 Å². The topological polar surface area (TPSA) is 81.9 Å². The van der Waals surface area contributed by atoms with Gasteiger partial charge in [-0.3, -0.25) is 14.3 Å². The van der Waals surface area contributed by atoms with E-state index in [1.54, 1.807) is 19.5 Å². The smallest absolute Gasteiger partial charge is 0.233 e. The van der Waals surface area contributed by atoms with Crippen molar-refractivity contribution in [2.75, 3.05) is 13.7 Å². The Kier molecular flexibility index (Phi) is 6.74. The maximum absolute atomic E-state index is 12.1. The second kappa shape index (κ2) is 8.79. The van der Waals surface area contributed by atoms with Crippen molar-refractivity contribution in [3.8, 4) is 11.4 Å². The highest BCUT2D eigenvalue weighted by Crippen LogP contribution is 2.26. The summed E-state index contributed by atoms with van der Waals surface area (Å²) < 4.78 is 7.16. The number of pyridine rings is 1. The molecule has 1 N–H and O–H groups in total. The van der Waals surface area contributed by atoms with Gasteiger partial charge in [0.25, 0.3) is 0 Å². The number of methoxy groups -OCH3 is 1. The molecule has 0 bridgehead atoms. The van der Waals surface area contributed by atoms with Gasteiger partial charge in [-0.05, 0) is 32.9 Å². The molecule has 130 valence electrons. The van der Waals surface area contributed by atoms with Crippen LogP contribution in [-0.2, 0) is 16.1 Å². The zero-order valence-electron chi connectivity index (χ0n) is 14.4. The molecule has 0 fully saturated rings. The van der Waals surface area contributed by atoms with Crippen LogP contribution in [0.2, 0.25) is 0 Å². The Morgan fingerprint density at radius 1 is 1.29 bits per heavy atom. The van der Waals surface area contributed by atoms with Gasteiger partial charge in [0.15, 0.2) is 11.0 Å². The first-order valence-corrected chi connectivity index (χ1v) is 8.70. The van der Waals surface area contributed by atoms with E-state index >= 15 is 0 Å². The lowest BCUT2D eigenvalue weighted by atomic mass is 10.2. The zero-order chi connectivity index (χ0) is 17.5. The summed E-state index contributed by atoms with van der Waals surface area (Å²) in [6, 6.07) is 3.88. The Bertz CT molecular complexity index is 660. The van der Waals surface area contributed by atoms with Gasteiger partial charge in [-0.15, -0.1) is 10.2 Å². The summed E-state index contributed by atoms with van der Waals surface area (Å²) in [5.74, 6) is 0.732. The lowest BCUT2D eigenvalue weighted by Crippen LogP contribution is -2.36. The van der Waals surface area contributed by atoms with Gasteiger partial charge in [0.1, 0.15) is 0 Å². The molecule has 1 atom stereocenters. The van der Waals surface area contributed by atoms with E-state index in [4.69, 9.17) is 4.74 Å². The fourth-order valence-electron chi connectivity index (χ4n) is 2.09. The summed E-state index contributed by atoms with van der Waals surface area (Å²) in [4.78, 5) is 16.2. The van der Waals surface area contributed by atoms with Crippen LogP contribution in [0.3, 0.4) is 0 Å². The first kappa shape index (κ1) is 18.4. The molecule has 1 amide bonds. The minimum absolute atomic E-state index is 0.0123. The number of carbonyl (C=O) groups is 1. The van der Waals surface area contributed by atoms with Crippen LogP contribution in [0.15, 0.2) is 29.7 Å². The zero-order valence-corrected chi connectivity index (χ0v) is 15.2. The third-order valence-electron chi connectivity index (χ3n) is 3.26. The lowest BCUT2D eigenvalue weighted by molar-refractivity contribution is -0.120. The number of ether oxygens (including phenoxy) is 1. The molecular formula is C16H23N5O2S. The van der Waals surface area contributed by atoms with Gasteiger partial charge in [0.2, 0.25) is 5.91 Å². The largest absolute Gasteiger partial charge is 0.383 e. The van der Waals surface area contributed by atoms with E-state index in [0.29, 0.717) is 18.3 Å². The van der Waals surface area contributed by atoms with Crippen molar-refractivity contribution in [2.45, 2.75) is 43.8 Å². The SMILES string of the molecule is COCCn1c(S[C@@H](C)C(=O)NC(C)C)nnc1-c1ccncc1. The quantitative estimate of drug-likeness (QED) is 0.734. The molecule has 0 aliphatic carbocycles. The first-order chi connectivity index (χ1) is 11.5. The standard InChI is InChI=1S/C16H23N5O2S/c1-11(2)18-15(22)12(3)24-16-20-19-14(21(16)9-10-23-4)13-5-7-17-8-6-13/h5-8,11-12H,9-10H2,1-4H3,(H,18,22)/t12-/m0/s1. The van der Waals surface area contributed by atoms with Crippen LogP contribution in [0.25, 0.3) is 11.4 Å². The third-order valence-corrected chi connectivity index (χ3v) is 4.34. The fourth-order valence-corrected chi connectivity index (χ4v) is 2.97. The number of carbonyl (C=O) groups excluding carboxylic acids is 1. The highest BCUT2D eigenvalue weighted by molar-refractivity contribution is 8.00. The number of nitrogens with zero attached hydrogens (tertiary/aromatic N) is 4. The van der Waals surface area contributed by atoms with Gasteiger partial charge in [0.05, 0.1) is 18.4 Å². The third kappa shape index (κ3) is 4.78. The molecule has 2 aromatic heterocycles. The summed E-state index contributed by atoms with van der Waals surface area (Å²) in [5.41, 5.74) is 0.930. The molecule has 2 aromatic rings. The second-order valence-electron chi connectivity index (χ2n) is 5.61. The van der Waals surface area contributed by atoms with Gasteiger partial charge in [0, 0.05) is 31.1 Å². The van der Waals surface area contributed by atoms with Crippen molar-refractivity contribution in [3.63, 3.8) is 0 Å². The number of nitrogens with one attached hydrogen (secondary N) is 1. The number of thioether (sulfide) groups is 1. The van der Waals surface area contributed by atoms with Crippen LogP contribution >= 0.6 is 11.8 Å². The van der Waals surface area contributed by atoms with E-state index in [-0.39, 0.29) is 17.2 Å². The van der Waals surface area contributed by atoms with Crippen molar-refractivity contribution >= 4 is 17.7 Å². The summed E-state index contributed by atoms with van der Waals surface area (Å²) in [7, 11) is 1.65. The van der Waals surface area contributed by atoms with Crippen LogP contribution in [-0.4, -0.2) is 50.7 Å². The molecule has 0 saturated heterocycles. The van der Waals surface area contributed by atoms with E-state index in [9.17, 15) is 4.79 Å². The van der Waals surface area contributed by atoms with E-state index in [0.717, 1.165) is 11.4 Å². The van der Waals surface area contributed by atoms with Crippen molar-refractivity contribution in [1.29, 1.82) is 0 Å². The molecule has 0 unspecified atom stereocenters. The number of hydrogen-bond donors (Lipinski definition) is 1. The van der Waals surface area contributed by atoms with Crippen molar-refractivity contribution < 1.29 is 9.53 Å². The molecule has 8 heteroatoms. The van der Waals surface area contributed by atoms with Crippen molar-refractivity contribution in [3.05, 3.63) is 24.5 Å². The predicted octanol–water partition coefficient (Wildman–Crippen LogP) is 1.99. The lowest BCUT2D eigenvalue weighted by Gasteiger charge is -2.15. The molecule has 0 aromatic carbocycles. The maximum Gasteiger partial charge on any atom is 0.233 e. The van der Waals surface area contributed by atoms with Gasteiger partial charge < -0.3 is 10.1 Å². The average molecular weight is 349 g/mol. The van der Waals surface area contributed by atoms with E-state index in [2.05, 4.69) is 20.5 Å². The van der Waals surface area contributed by atoms with Crippen LogP contribution < -0.4 is 5.32 Å². The number of aromatic nitrogens is 4. The maximum atomic E-state index is 12.1. The van der Waals surface area contributed by atoms with Crippen LogP contribution in [0.5, 0.6) is 0 Å². The Morgan fingerprint density at radius 3 is 2.62 bits per heavy atom. The molecule has 7 nitrogen and oxygen atoms in total. The minimum atomic E-state index is -0.261. The Balaban J connectivity index is 2.23. The molecule has 24 heavy (non-hydrogen) atoms. The van der Waals surface area contributed by atoms with E-state index in [1.165, 1.54) is 11.8 Å². The molecular weight excluding hydrogens is 326 g/mol. The van der Waals surface area contributed by atoms with Gasteiger partial charge in [-0.1, -0.05) is 11.8 Å². The van der Waals surface area contributed by atoms with Crippen molar-refractivity contribution in [1.82, 2.24) is 25.1 Å². The van der Waals surface area contributed by atoms with Crippen LogP contribution in [0.4, 0.5) is 0 Å². The Morgan fingerprint density at radius 2 is 2.00 bits per heavy atom. The summed E-state index contributed by atoms with van der Waals surface area (Å²) >= 11 is 1.39. The number of amides is 1. The fraction of sp³-hybridized carbons (Fsp3) is 0.500. The molecule has 0 radical (unpaired) electrons. The molecule has 0 saturated carbocycles. The molecule has 0 aliphatic heterocycles. The summed E-state index contributed by atoms with van der Waals surface area (Å²) in [6.45, 7) is 6.90. The Labute approximate surface area is 146 Å². The average Bonchev–Trinajstić information content (AvgIpc) is 2.95. The van der Waals surface area contributed by atoms with Crippen LogP contribution in [0.1, 0.15) is 20.8 Å². The monoisotopic (exact) mass is 349 g/mol. The number of hydrogen-bond acceptors (Lipinski definition) is 6. The first-order valence-electron chi connectivity index (χ1n) is 7.82. The Hall–Kier alpha value is -1.93. The highest BCUT2D eigenvalue weighted by Gasteiger charge is 2.21. The summed E-state index contributed by atoms with van der Waals surface area (Å²) in [6.07, 6.45) is 3.44. The molecule has 0 spiro atoms. The molecule has 2 heterocycles. The van der Waals surface area contributed by atoms with Gasteiger partial charge >= 0.3 is 0 Å². The molecule has 2 rings (SSSR count). The second-order valence-corrected chi connectivity index (χ2v) is 6.92. The van der Waals surface area contributed by atoms with Crippen molar-refractivity contribution in [2.24, 2.45) is 0 Å². The minimum Gasteiger partial charge on any atom is -0.383 e. The predicted molar refractivity (Wildman–Crippen MR) is 93.7 cm³/mol. The van der Waals surface area contributed by atoms with Gasteiger partial charge in [-0.25, -0.2) is 0 Å².